The van der Waals surface area contributed by atoms with Crippen LogP contribution in [0.5, 0.6) is 0 Å². The normalized spacial score (nSPS) is 17.8. The van der Waals surface area contributed by atoms with Crippen LogP contribution in [0.25, 0.3) is 22.2 Å². The monoisotopic (exact) mass is 473 g/mol. The summed E-state index contributed by atoms with van der Waals surface area (Å²) in [4.78, 5) is 28.8. The summed E-state index contributed by atoms with van der Waals surface area (Å²) in [6, 6.07) is 8.46. The van der Waals surface area contributed by atoms with E-state index in [2.05, 4.69) is 15.0 Å². The molecule has 0 unspecified atom stereocenters. The maximum Gasteiger partial charge on any atom is 0.257 e. The Balaban J connectivity index is 1.43. The van der Waals surface area contributed by atoms with Crippen molar-refractivity contribution in [1.82, 2.24) is 28.7 Å². The summed E-state index contributed by atoms with van der Waals surface area (Å²) < 4.78 is 24.5. The zero-order valence-corrected chi connectivity index (χ0v) is 19.3. The largest absolute Gasteiger partial charge is 0.382 e. The zero-order valence-electron chi connectivity index (χ0n) is 19.3. The highest BCUT2D eigenvalue weighted by Crippen LogP contribution is 2.32. The van der Waals surface area contributed by atoms with E-state index in [0.29, 0.717) is 35.2 Å². The molecule has 4 aromatic heterocycles. The second kappa shape index (κ2) is 8.02. The lowest BCUT2D eigenvalue weighted by molar-refractivity contribution is -0.0233. The molecule has 0 saturated heterocycles. The third kappa shape index (κ3) is 3.48. The molecule has 1 fully saturated rings. The van der Waals surface area contributed by atoms with E-state index >= 15 is 4.39 Å². The molecule has 1 aliphatic carbocycles. The van der Waals surface area contributed by atoms with Crippen LogP contribution in [0.3, 0.4) is 0 Å². The SMILES string of the molecule is COC1CC(N(Cc2cn3ccccc3n2)C(=O)c2cc3c(cc2F)nc(N)c2cnc(C)n23)C1. The highest BCUT2D eigenvalue weighted by atomic mass is 19.1. The van der Waals surface area contributed by atoms with Crippen LogP contribution in [-0.4, -0.2) is 53.8 Å². The summed E-state index contributed by atoms with van der Waals surface area (Å²) in [5, 5.41) is 0. The molecule has 0 radical (unpaired) electrons. The zero-order chi connectivity index (χ0) is 24.3. The number of hydrogen-bond donors (Lipinski definition) is 1. The highest BCUT2D eigenvalue weighted by molar-refractivity contribution is 5.98. The van der Waals surface area contributed by atoms with E-state index in [1.807, 2.05) is 41.9 Å². The van der Waals surface area contributed by atoms with Gasteiger partial charge in [-0.25, -0.2) is 19.3 Å². The molecular weight excluding hydrogens is 449 g/mol. The van der Waals surface area contributed by atoms with Gasteiger partial charge in [0.05, 0.1) is 41.1 Å². The number of hydrogen-bond acceptors (Lipinski definition) is 6. The number of benzene rings is 1. The van der Waals surface area contributed by atoms with Crippen molar-refractivity contribution in [2.75, 3.05) is 12.8 Å². The summed E-state index contributed by atoms with van der Waals surface area (Å²) in [5.74, 6) is -0.115. The Morgan fingerprint density at radius 3 is 2.86 bits per heavy atom. The van der Waals surface area contributed by atoms with Crippen molar-refractivity contribution in [3.8, 4) is 0 Å². The van der Waals surface area contributed by atoms with E-state index in [0.717, 1.165) is 11.3 Å². The number of rotatable bonds is 5. The summed E-state index contributed by atoms with van der Waals surface area (Å²) >= 11 is 0. The topological polar surface area (TPSA) is 103 Å². The van der Waals surface area contributed by atoms with Gasteiger partial charge in [-0.3, -0.25) is 9.20 Å². The second-order valence-electron chi connectivity index (χ2n) is 8.96. The van der Waals surface area contributed by atoms with Crippen LogP contribution in [0, 0.1) is 12.7 Å². The van der Waals surface area contributed by atoms with Gasteiger partial charge in [0.25, 0.3) is 5.91 Å². The van der Waals surface area contributed by atoms with Crippen molar-refractivity contribution in [3.05, 3.63) is 71.8 Å². The fraction of sp³-hybridized carbons (Fsp3) is 0.280. The Hall–Kier alpha value is -4.05. The first-order chi connectivity index (χ1) is 16.9. The van der Waals surface area contributed by atoms with Gasteiger partial charge < -0.3 is 19.8 Å². The Labute approximate surface area is 200 Å². The molecule has 6 rings (SSSR count). The number of methoxy groups -OCH3 is 1. The number of nitrogens with two attached hydrogens (primary N) is 1. The van der Waals surface area contributed by atoms with Gasteiger partial charge >= 0.3 is 0 Å². The average Bonchev–Trinajstić information content (AvgIpc) is 3.40. The lowest BCUT2D eigenvalue weighted by Crippen LogP contribution is -2.50. The molecule has 0 bridgehead atoms. The van der Waals surface area contributed by atoms with E-state index in [9.17, 15) is 4.79 Å². The number of carbonyl (C=O) groups is 1. The fourth-order valence-electron chi connectivity index (χ4n) is 4.84. The minimum Gasteiger partial charge on any atom is -0.382 e. The van der Waals surface area contributed by atoms with Crippen molar-refractivity contribution >= 4 is 33.9 Å². The number of amides is 1. The molecule has 2 N–H and O–H groups in total. The third-order valence-corrected chi connectivity index (χ3v) is 6.83. The lowest BCUT2D eigenvalue weighted by Gasteiger charge is -2.42. The molecule has 1 aliphatic rings. The van der Waals surface area contributed by atoms with Crippen molar-refractivity contribution in [3.63, 3.8) is 0 Å². The van der Waals surface area contributed by atoms with Crippen LogP contribution >= 0.6 is 0 Å². The van der Waals surface area contributed by atoms with Crippen LogP contribution < -0.4 is 5.73 Å². The molecule has 178 valence electrons. The van der Waals surface area contributed by atoms with Gasteiger partial charge in [0.15, 0.2) is 0 Å². The molecule has 9 nitrogen and oxygen atoms in total. The number of fused-ring (bicyclic) bond motifs is 4. The quantitative estimate of drug-likeness (QED) is 0.420. The predicted octanol–water partition coefficient (Wildman–Crippen LogP) is 3.38. The molecular formula is C25H24FN7O2. The summed E-state index contributed by atoms with van der Waals surface area (Å²) in [5.41, 5.74) is 9.09. The summed E-state index contributed by atoms with van der Waals surface area (Å²) in [7, 11) is 1.66. The Morgan fingerprint density at radius 2 is 2.09 bits per heavy atom. The van der Waals surface area contributed by atoms with E-state index in [4.69, 9.17) is 10.5 Å². The van der Waals surface area contributed by atoms with Crippen molar-refractivity contribution < 1.29 is 13.9 Å². The standard InChI is InChI=1S/C25H24FN7O2/c1-14-28-11-22-24(27)30-20-10-19(26)18(9-21(20)33(14)22)25(34)32(16-7-17(8-16)35-2)13-15-12-31-6-4-3-5-23(31)29-15/h3-6,9-12,16-17H,7-8,13H2,1-2H3,(H2,27,30). The maximum atomic E-state index is 15.3. The van der Waals surface area contributed by atoms with Crippen LogP contribution in [0.2, 0.25) is 0 Å². The molecule has 35 heavy (non-hydrogen) atoms. The average molecular weight is 474 g/mol. The van der Waals surface area contributed by atoms with Gasteiger partial charge in [-0.1, -0.05) is 6.07 Å². The molecule has 5 aromatic rings. The second-order valence-corrected chi connectivity index (χ2v) is 8.96. The number of carbonyl (C=O) groups excluding carboxylic acids is 1. The molecule has 1 aromatic carbocycles. The summed E-state index contributed by atoms with van der Waals surface area (Å²) in [6.45, 7) is 2.09. The minimum absolute atomic E-state index is 0.0249. The van der Waals surface area contributed by atoms with Gasteiger partial charge in [0.2, 0.25) is 0 Å². The molecule has 0 aliphatic heterocycles. The van der Waals surface area contributed by atoms with Gasteiger partial charge in [-0.15, -0.1) is 0 Å². The summed E-state index contributed by atoms with van der Waals surface area (Å²) in [6.07, 6.45) is 6.88. The number of nitrogen functional groups attached to an aromatic ring is 1. The molecule has 1 saturated carbocycles. The first-order valence-electron chi connectivity index (χ1n) is 11.4. The van der Waals surface area contributed by atoms with Crippen LogP contribution in [0.4, 0.5) is 10.2 Å². The van der Waals surface area contributed by atoms with E-state index in [1.54, 1.807) is 28.7 Å². The van der Waals surface area contributed by atoms with Crippen molar-refractivity contribution in [2.45, 2.75) is 38.5 Å². The van der Waals surface area contributed by atoms with Crippen molar-refractivity contribution in [2.24, 2.45) is 0 Å². The van der Waals surface area contributed by atoms with E-state index in [1.165, 1.54) is 6.07 Å². The number of nitrogens with zero attached hydrogens (tertiary/aromatic N) is 6. The number of pyridine rings is 1. The van der Waals surface area contributed by atoms with Crippen molar-refractivity contribution in [1.29, 1.82) is 0 Å². The predicted molar refractivity (Wildman–Crippen MR) is 128 cm³/mol. The molecule has 1 amide bonds. The van der Waals surface area contributed by atoms with Crippen LogP contribution in [0.15, 0.2) is 48.9 Å². The lowest BCUT2D eigenvalue weighted by atomic mass is 9.87. The Kier molecular flexibility index (Phi) is 4.92. The number of anilines is 1. The molecule has 0 atom stereocenters. The number of aryl methyl sites for hydroxylation is 1. The third-order valence-electron chi connectivity index (χ3n) is 6.83. The number of imidazole rings is 2. The Bertz CT molecular complexity index is 1570. The van der Waals surface area contributed by atoms with E-state index < -0.39 is 11.7 Å². The van der Waals surface area contributed by atoms with Gasteiger partial charge in [-0.05, 0) is 38.0 Å². The highest BCUT2D eigenvalue weighted by Gasteiger charge is 2.37. The molecule has 10 heteroatoms. The maximum absolute atomic E-state index is 15.3. The Morgan fingerprint density at radius 1 is 1.26 bits per heavy atom. The number of halogens is 1. The smallest absolute Gasteiger partial charge is 0.257 e. The van der Waals surface area contributed by atoms with Crippen LogP contribution in [0.1, 0.15) is 34.7 Å². The molecule has 4 heterocycles. The van der Waals surface area contributed by atoms with Gasteiger partial charge in [-0.2, -0.15) is 0 Å². The van der Waals surface area contributed by atoms with Crippen LogP contribution in [-0.2, 0) is 11.3 Å². The first-order valence-corrected chi connectivity index (χ1v) is 11.4. The number of ether oxygens (including phenoxy) is 1. The minimum atomic E-state index is -0.644. The number of aromatic nitrogens is 5. The van der Waals surface area contributed by atoms with Gasteiger partial charge in [0.1, 0.15) is 28.6 Å². The molecule has 0 spiro atoms. The fourth-order valence-corrected chi connectivity index (χ4v) is 4.84. The van der Waals surface area contributed by atoms with E-state index in [-0.39, 0.29) is 30.1 Å². The first kappa shape index (κ1) is 21.5. The van der Waals surface area contributed by atoms with Gasteiger partial charge in [0, 0.05) is 31.6 Å².